The molecule has 21 heavy (non-hydrogen) atoms. The summed E-state index contributed by atoms with van der Waals surface area (Å²) < 4.78 is 0. The molecule has 2 amide bonds. The SMILES string of the molecule is Cc1ccc2c(c1)CCN(CC(=O)NC1CC(O)C1)C2=O. The standard InChI is InChI=1S/C16H20N2O3/c1-10-2-3-14-11(6-10)4-5-18(16(14)21)9-15(20)17-12-7-13(19)8-12/h2-3,6,12-13,19H,4-5,7-9H2,1H3,(H,17,20). The Morgan fingerprint density at radius 1 is 1.43 bits per heavy atom. The zero-order valence-electron chi connectivity index (χ0n) is 12.1. The summed E-state index contributed by atoms with van der Waals surface area (Å²) in [4.78, 5) is 25.9. The van der Waals surface area contributed by atoms with Gasteiger partial charge in [0.25, 0.3) is 5.91 Å². The van der Waals surface area contributed by atoms with Gasteiger partial charge >= 0.3 is 0 Å². The molecule has 1 fully saturated rings. The lowest BCUT2D eigenvalue weighted by molar-refractivity contribution is -0.123. The lowest BCUT2D eigenvalue weighted by atomic mass is 9.89. The molecule has 1 saturated carbocycles. The van der Waals surface area contributed by atoms with Crippen LogP contribution in [0.25, 0.3) is 0 Å². The number of fused-ring (bicyclic) bond motifs is 1. The molecule has 0 saturated heterocycles. The Kier molecular flexibility index (Phi) is 3.68. The number of amides is 2. The highest BCUT2D eigenvalue weighted by Gasteiger charge is 2.30. The first-order chi connectivity index (χ1) is 10.0. The summed E-state index contributed by atoms with van der Waals surface area (Å²) in [5.41, 5.74) is 2.92. The van der Waals surface area contributed by atoms with Crippen molar-refractivity contribution in [3.63, 3.8) is 0 Å². The van der Waals surface area contributed by atoms with Crippen LogP contribution in [0.5, 0.6) is 0 Å². The maximum Gasteiger partial charge on any atom is 0.254 e. The lowest BCUT2D eigenvalue weighted by Gasteiger charge is -2.33. The molecule has 2 N–H and O–H groups in total. The van der Waals surface area contributed by atoms with E-state index in [9.17, 15) is 14.7 Å². The monoisotopic (exact) mass is 288 g/mol. The molecule has 1 aromatic rings. The van der Waals surface area contributed by atoms with E-state index in [1.807, 2.05) is 25.1 Å². The van der Waals surface area contributed by atoms with Gasteiger partial charge in [-0.05, 0) is 37.8 Å². The number of hydrogen-bond donors (Lipinski definition) is 2. The molecular weight excluding hydrogens is 268 g/mol. The highest BCUT2D eigenvalue weighted by atomic mass is 16.3. The van der Waals surface area contributed by atoms with Gasteiger partial charge in [0.15, 0.2) is 0 Å². The number of aliphatic hydroxyl groups is 1. The summed E-state index contributed by atoms with van der Waals surface area (Å²) in [7, 11) is 0. The third-order valence-corrected chi connectivity index (χ3v) is 4.24. The van der Waals surface area contributed by atoms with Gasteiger partial charge in [-0.1, -0.05) is 17.7 Å². The Morgan fingerprint density at radius 3 is 2.90 bits per heavy atom. The largest absolute Gasteiger partial charge is 0.393 e. The second-order valence-corrected chi connectivity index (χ2v) is 6.03. The quantitative estimate of drug-likeness (QED) is 0.857. The predicted molar refractivity (Wildman–Crippen MR) is 78.0 cm³/mol. The molecule has 0 radical (unpaired) electrons. The second-order valence-electron chi connectivity index (χ2n) is 6.03. The van der Waals surface area contributed by atoms with Crippen molar-refractivity contribution in [3.8, 4) is 0 Å². The number of carbonyl (C=O) groups excluding carboxylic acids is 2. The molecule has 0 bridgehead atoms. The molecule has 1 aliphatic carbocycles. The van der Waals surface area contributed by atoms with Crippen LogP contribution in [0.4, 0.5) is 0 Å². The van der Waals surface area contributed by atoms with E-state index in [0.29, 0.717) is 24.9 Å². The van der Waals surface area contributed by atoms with E-state index in [0.717, 1.165) is 17.5 Å². The van der Waals surface area contributed by atoms with Crippen molar-refractivity contribution in [2.24, 2.45) is 0 Å². The molecule has 0 atom stereocenters. The van der Waals surface area contributed by atoms with E-state index < -0.39 is 0 Å². The number of hydrogen-bond acceptors (Lipinski definition) is 3. The van der Waals surface area contributed by atoms with Crippen LogP contribution in [-0.4, -0.2) is 47.1 Å². The van der Waals surface area contributed by atoms with Gasteiger partial charge in [-0.25, -0.2) is 0 Å². The maximum absolute atomic E-state index is 12.4. The highest BCUT2D eigenvalue weighted by molar-refractivity contribution is 5.98. The number of aliphatic hydroxyl groups excluding tert-OH is 1. The summed E-state index contributed by atoms with van der Waals surface area (Å²) in [6.07, 6.45) is 1.73. The van der Waals surface area contributed by atoms with Gasteiger partial charge in [-0.3, -0.25) is 9.59 Å². The molecule has 0 unspecified atom stereocenters. The van der Waals surface area contributed by atoms with E-state index in [4.69, 9.17) is 0 Å². The molecule has 5 heteroatoms. The number of aryl methyl sites for hydroxylation is 1. The number of benzene rings is 1. The van der Waals surface area contributed by atoms with Gasteiger partial charge in [-0.15, -0.1) is 0 Å². The minimum atomic E-state index is -0.290. The van der Waals surface area contributed by atoms with Gasteiger partial charge in [0.05, 0.1) is 12.6 Å². The van der Waals surface area contributed by atoms with Crippen molar-refractivity contribution in [2.75, 3.05) is 13.1 Å². The third-order valence-electron chi connectivity index (χ3n) is 4.24. The van der Waals surface area contributed by atoms with Crippen LogP contribution in [0.1, 0.15) is 34.3 Å². The number of nitrogens with zero attached hydrogens (tertiary/aromatic N) is 1. The van der Waals surface area contributed by atoms with Crippen LogP contribution in [-0.2, 0) is 11.2 Å². The normalized spacial score (nSPS) is 24.3. The molecule has 0 spiro atoms. The van der Waals surface area contributed by atoms with Crippen molar-refractivity contribution < 1.29 is 14.7 Å². The summed E-state index contributed by atoms with van der Waals surface area (Å²) in [6, 6.07) is 5.87. The average molecular weight is 288 g/mol. The van der Waals surface area contributed by atoms with Gasteiger partial charge < -0.3 is 15.3 Å². The highest BCUT2D eigenvalue weighted by Crippen LogP contribution is 2.21. The minimum absolute atomic E-state index is 0.0577. The number of carbonyl (C=O) groups is 2. The minimum Gasteiger partial charge on any atom is -0.393 e. The Bertz CT molecular complexity index is 579. The number of rotatable bonds is 3. The molecule has 3 rings (SSSR count). The summed E-state index contributed by atoms with van der Waals surface area (Å²) in [6.45, 7) is 2.69. The molecule has 1 heterocycles. The van der Waals surface area contributed by atoms with Gasteiger partial charge in [0.1, 0.15) is 0 Å². The van der Waals surface area contributed by atoms with E-state index >= 15 is 0 Å². The Morgan fingerprint density at radius 2 is 2.19 bits per heavy atom. The molecule has 2 aliphatic rings. The zero-order chi connectivity index (χ0) is 15.0. The average Bonchev–Trinajstić information content (AvgIpc) is 2.40. The van der Waals surface area contributed by atoms with E-state index in [-0.39, 0.29) is 30.5 Å². The first-order valence-corrected chi connectivity index (χ1v) is 7.39. The fourth-order valence-corrected chi connectivity index (χ4v) is 2.97. The van der Waals surface area contributed by atoms with E-state index in [2.05, 4.69) is 5.32 Å². The predicted octanol–water partition coefficient (Wildman–Crippen LogP) is 0.633. The molecule has 5 nitrogen and oxygen atoms in total. The van der Waals surface area contributed by atoms with Crippen molar-refractivity contribution >= 4 is 11.8 Å². The van der Waals surface area contributed by atoms with Crippen molar-refractivity contribution in [3.05, 3.63) is 34.9 Å². The van der Waals surface area contributed by atoms with E-state index in [1.165, 1.54) is 0 Å². The molecule has 0 aromatic heterocycles. The van der Waals surface area contributed by atoms with Gasteiger partial charge in [0.2, 0.25) is 5.91 Å². The fraction of sp³-hybridized carbons (Fsp3) is 0.500. The first-order valence-electron chi connectivity index (χ1n) is 7.39. The van der Waals surface area contributed by atoms with Crippen LogP contribution < -0.4 is 5.32 Å². The third kappa shape index (κ3) is 2.93. The summed E-state index contributed by atoms with van der Waals surface area (Å²) >= 11 is 0. The van der Waals surface area contributed by atoms with Crippen molar-refractivity contribution in [2.45, 2.75) is 38.3 Å². The summed E-state index contributed by atoms with van der Waals surface area (Å²) in [5.74, 6) is -0.212. The van der Waals surface area contributed by atoms with Crippen LogP contribution in [0.3, 0.4) is 0 Å². The maximum atomic E-state index is 12.4. The van der Waals surface area contributed by atoms with Crippen LogP contribution in [0, 0.1) is 6.92 Å². The number of nitrogens with one attached hydrogen (secondary N) is 1. The van der Waals surface area contributed by atoms with Crippen molar-refractivity contribution in [1.82, 2.24) is 10.2 Å². The zero-order valence-corrected chi connectivity index (χ0v) is 12.1. The van der Waals surface area contributed by atoms with Crippen molar-refractivity contribution in [1.29, 1.82) is 0 Å². The fourth-order valence-electron chi connectivity index (χ4n) is 2.97. The molecule has 112 valence electrons. The first kappa shape index (κ1) is 14.1. The molecule has 1 aliphatic heterocycles. The second kappa shape index (κ2) is 5.48. The van der Waals surface area contributed by atoms with Gasteiger partial charge in [0, 0.05) is 18.2 Å². The topological polar surface area (TPSA) is 69.6 Å². The van der Waals surface area contributed by atoms with Crippen LogP contribution >= 0.6 is 0 Å². The molecule has 1 aromatic carbocycles. The smallest absolute Gasteiger partial charge is 0.254 e. The Hall–Kier alpha value is -1.88. The van der Waals surface area contributed by atoms with Gasteiger partial charge in [-0.2, -0.15) is 0 Å². The summed E-state index contributed by atoms with van der Waals surface area (Å²) in [5, 5.41) is 12.1. The Balaban J connectivity index is 1.61. The van der Waals surface area contributed by atoms with E-state index in [1.54, 1.807) is 4.90 Å². The van der Waals surface area contributed by atoms with Crippen LogP contribution in [0.15, 0.2) is 18.2 Å². The molecular formula is C16H20N2O3. The Labute approximate surface area is 123 Å². The van der Waals surface area contributed by atoms with Crippen LogP contribution in [0.2, 0.25) is 0 Å². The lowest BCUT2D eigenvalue weighted by Crippen LogP contribution is -2.51.